The van der Waals surface area contributed by atoms with Crippen LogP contribution in [0.25, 0.3) is 5.52 Å². The molecular weight excluding hydrogens is 324 g/mol. The molecule has 0 aromatic carbocycles. The van der Waals surface area contributed by atoms with Crippen LogP contribution in [-0.4, -0.2) is 43.6 Å². The summed E-state index contributed by atoms with van der Waals surface area (Å²) in [5.74, 6) is 1.27. The summed E-state index contributed by atoms with van der Waals surface area (Å²) in [6, 6.07) is 0. The highest BCUT2D eigenvalue weighted by molar-refractivity contribution is 9.10. The number of likely N-dealkylation sites (tertiary alicyclic amines) is 1. The van der Waals surface area contributed by atoms with E-state index in [9.17, 15) is 4.79 Å². The van der Waals surface area contributed by atoms with E-state index < -0.39 is 6.09 Å². The van der Waals surface area contributed by atoms with Gasteiger partial charge in [0.05, 0.1) is 5.69 Å². The number of carboxylic acid groups (broad SMARTS) is 1. The maximum Gasteiger partial charge on any atom is 0.407 e. The zero-order chi connectivity index (χ0) is 14.3. The van der Waals surface area contributed by atoms with Gasteiger partial charge in [-0.15, -0.1) is 0 Å². The van der Waals surface area contributed by atoms with Crippen LogP contribution in [0.4, 0.5) is 4.79 Å². The monoisotopic (exact) mass is 338 g/mol. The molecule has 1 saturated heterocycles. The maximum atomic E-state index is 10.9. The van der Waals surface area contributed by atoms with E-state index in [1.54, 1.807) is 6.20 Å². The molecule has 0 bridgehead atoms. The standard InChI is InChI=1S/C13H15BrN4O2/c1-8-10-11(14)16-12(18(10)7-4-15-8)9-2-5-17(6-3-9)13(19)20/h4,7,9H,2-3,5-6H2,1H3,(H,19,20). The second-order valence-electron chi connectivity index (χ2n) is 5.04. The minimum atomic E-state index is -0.836. The predicted octanol–water partition coefficient (Wildman–Crippen LogP) is 2.66. The fraction of sp³-hybridized carbons (Fsp3) is 0.462. The summed E-state index contributed by atoms with van der Waals surface area (Å²) in [7, 11) is 0. The van der Waals surface area contributed by atoms with Gasteiger partial charge in [-0.05, 0) is 35.7 Å². The number of rotatable bonds is 1. The van der Waals surface area contributed by atoms with Crippen molar-refractivity contribution in [3.8, 4) is 0 Å². The third-order valence-corrected chi connectivity index (χ3v) is 4.41. The predicted molar refractivity (Wildman–Crippen MR) is 77.0 cm³/mol. The van der Waals surface area contributed by atoms with Gasteiger partial charge in [0.2, 0.25) is 0 Å². The van der Waals surface area contributed by atoms with Gasteiger partial charge in [0.25, 0.3) is 0 Å². The first-order valence-corrected chi connectivity index (χ1v) is 7.34. The average molecular weight is 339 g/mol. The molecule has 2 aromatic heterocycles. The number of piperidine rings is 1. The molecule has 1 amide bonds. The molecule has 1 aliphatic heterocycles. The van der Waals surface area contributed by atoms with Gasteiger partial charge in [-0.25, -0.2) is 9.78 Å². The first kappa shape index (κ1) is 13.4. The molecular formula is C13H15BrN4O2. The normalized spacial score (nSPS) is 16.8. The number of nitrogens with zero attached hydrogens (tertiary/aromatic N) is 4. The van der Waals surface area contributed by atoms with Crippen LogP contribution in [0, 0.1) is 6.92 Å². The molecule has 0 aliphatic carbocycles. The lowest BCUT2D eigenvalue weighted by atomic mass is 9.96. The molecule has 7 heteroatoms. The number of aryl methyl sites for hydroxylation is 1. The van der Waals surface area contributed by atoms with Crippen LogP contribution < -0.4 is 0 Å². The maximum absolute atomic E-state index is 10.9. The number of fused-ring (bicyclic) bond motifs is 1. The van der Waals surface area contributed by atoms with Crippen LogP contribution in [0.3, 0.4) is 0 Å². The minimum Gasteiger partial charge on any atom is -0.465 e. The number of hydrogen-bond donors (Lipinski definition) is 1. The topological polar surface area (TPSA) is 70.7 Å². The summed E-state index contributed by atoms with van der Waals surface area (Å²) in [4.78, 5) is 21.3. The molecule has 1 N–H and O–H groups in total. The van der Waals surface area contributed by atoms with Gasteiger partial charge in [0.1, 0.15) is 15.9 Å². The van der Waals surface area contributed by atoms with Gasteiger partial charge < -0.3 is 10.0 Å². The second kappa shape index (κ2) is 5.05. The molecule has 1 aliphatic rings. The van der Waals surface area contributed by atoms with Gasteiger partial charge in [-0.2, -0.15) is 0 Å². The van der Waals surface area contributed by atoms with E-state index in [2.05, 4.69) is 30.3 Å². The van der Waals surface area contributed by atoms with Crippen LogP contribution in [0.15, 0.2) is 17.0 Å². The molecule has 0 spiro atoms. The lowest BCUT2D eigenvalue weighted by Crippen LogP contribution is -2.37. The van der Waals surface area contributed by atoms with Crippen molar-refractivity contribution < 1.29 is 9.90 Å². The lowest BCUT2D eigenvalue weighted by molar-refractivity contribution is 0.131. The van der Waals surface area contributed by atoms with Crippen LogP contribution in [0.5, 0.6) is 0 Å². The first-order valence-electron chi connectivity index (χ1n) is 6.55. The summed E-state index contributed by atoms with van der Waals surface area (Å²) < 4.78 is 2.87. The van der Waals surface area contributed by atoms with E-state index in [1.807, 2.05) is 13.1 Å². The van der Waals surface area contributed by atoms with Crippen LogP contribution in [0.2, 0.25) is 0 Å². The highest BCUT2D eigenvalue weighted by atomic mass is 79.9. The van der Waals surface area contributed by atoms with Crippen molar-refractivity contribution in [1.82, 2.24) is 19.3 Å². The number of hydrogen-bond acceptors (Lipinski definition) is 3. The van der Waals surface area contributed by atoms with E-state index in [0.29, 0.717) is 13.1 Å². The third-order valence-electron chi connectivity index (χ3n) is 3.85. The summed E-state index contributed by atoms with van der Waals surface area (Å²) in [5.41, 5.74) is 1.92. The molecule has 20 heavy (non-hydrogen) atoms. The van der Waals surface area contributed by atoms with Gasteiger partial charge in [0, 0.05) is 31.4 Å². The number of imidazole rings is 1. The Balaban J connectivity index is 1.92. The van der Waals surface area contributed by atoms with Crippen molar-refractivity contribution in [2.24, 2.45) is 0 Å². The molecule has 2 aromatic rings. The largest absolute Gasteiger partial charge is 0.465 e. The number of carbonyl (C=O) groups is 1. The summed E-state index contributed by atoms with van der Waals surface area (Å²) in [6.45, 7) is 3.09. The number of aromatic nitrogens is 3. The lowest BCUT2D eigenvalue weighted by Gasteiger charge is -2.29. The first-order chi connectivity index (χ1) is 9.58. The van der Waals surface area contributed by atoms with Gasteiger partial charge in [-0.1, -0.05) is 0 Å². The van der Waals surface area contributed by atoms with E-state index in [1.165, 1.54) is 4.90 Å². The Morgan fingerprint density at radius 2 is 2.15 bits per heavy atom. The third kappa shape index (κ3) is 2.15. The van der Waals surface area contributed by atoms with Crippen LogP contribution in [0.1, 0.15) is 30.3 Å². The Morgan fingerprint density at radius 3 is 2.80 bits per heavy atom. The van der Waals surface area contributed by atoms with Crippen molar-refractivity contribution in [2.75, 3.05) is 13.1 Å². The average Bonchev–Trinajstić information content (AvgIpc) is 2.77. The Hall–Kier alpha value is -1.63. The molecule has 0 saturated carbocycles. The SMILES string of the molecule is Cc1nccn2c(C3CCN(C(=O)O)CC3)nc(Br)c12. The fourth-order valence-electron chi connectivity index (χ4n) is 2.79. The molecule has 106 valence electrons. The van der Waals surface area contributed by atoms with Crippen molar-refractivity contribution in [3.05, 3.63) is 28.5 Å². The smallest absolute Gasteiger partial charge is 0.407 e. The Bertz CT molecular complexity index is 662. The second-order valence-corrected chi connectivity index (χ2v) is 5.79. The van der Waals surface area contributed by atoms with Gasteiger partial charge in [-0.3, -0.25) is 9.38 Å². The minimum absolute atomic E-state index is 0.284. The molecule has 0 atom stereocenters. The van der Waals surface area contributed by atoms with E-state index in [-0.39, 0.29) is 5.92 Å². The zero-order valence-electron chi connectivity index (χ0n) is 11.1. The summed E-state index contributed by atoms with van der Waals surface area (Å²) in [6.07, 6.45) is 4.46. The molecule has 6 nitrogen and oxygen atoms in total. The number of halogens is 1. The van der Waals surface area contributed by atoms with Crippen LogP contribution >= 0.6 is 15.9 Å². The molecule has 3 heterocycles. The van der Waals surface area contributed by atoms with Crippen molar-refractivity contribution in [1.29, 1.82) is 0 Å². The summed E-state index contributed by atoms with van der Waals surface area (Å²) in [5, 5.41) is 9.00. The van der Waals surface area contributed by atoms with E-state index in [0.717, 1.165) is 34.5 Å². The fourth-order valence-corrected chi connectivity index (χ4v) is 3.45. The zero-order valence-corrected chi connectivity index (χ0v) is 12.7. The Kier molecular flexibility index (Phi) is 3.37. The Labute approximate surface area is 124 Å². The molecule has 0 unspecified atom stereocenters. The van der Waals surface area contributed by atoms with Crippen molar-refractivity contribution in [2.45, 2.75) is 25.7 Å². The quantitative estimate of drug-likeness (QED) is 0.867. The van der Waals surface area contributed by atoms with Crippen molar-refractivity contribution in [3.63, 3.8) is 0 Å². The molecule has 3 rings (SSSR count). The van der Waals surface area contributed by atoms with E-state index in [4.69, 9.17) is 5.11 Å². The number of amides is 1. The highest BCUT2D eigenvalue weighted by Crippen LogP contribution is 2.31. The summed E-state index contributed by atoms with van der Waals surface area (Å²) >= 11 is 3.49. The van der Waals surface area contributed by atoms with E-state index >= 15 is 0 Å². The van der Waals surface area contributed by atoms with Crippen molar-refractivity contribution >= 4 is 27.5 Å². The highest BCUT2D eigenvalue weighted by Gasteiger charge is 2.27. The Morgan fingerprint density at radius 1 is 1.45 bits per heavy atom. The van der Waals surface area contributed by atoms with Crippen LogP contribution in [-0.2, 0) is 0 Å². The van der Waals surface area contributed by atoms with Gasteiger partial charge in [0.15, 0.2) is 0 Å². The molecule has 0 radical (unpaired) electrons. The molecule has 1 fully saturated rings. The van der Waals surface area contributed by atoms with Gasteiger partial charge >= 0.3 is 6.09 Å².